The Hall–Kier alpha value is -5.04. The van der Waals surface area contributed by atoms with Crippen LogP contribution in [0.3, 0.4) is 0 Å². The van der Waals surface area contributed by atoms with E-state index in [1.807, 2.05) is 110 Å². The van der Waals surface area contributed by atoms with Crippen molar-refractivity contribution >= 4 is 16.9 Å². The molecular weight excluding hydrogens is 474 g/mol. The van der Waals surface area contributed by atoms with Crippen molar-refractivity contribution in [2.24, 2.45) is 7.05 Å². The van der Waals surface area contributed by atoms with Gasteiger partial charge in [-0.1, -0.05) is 60.2 Å². The zero-order chi connectivity index (χ0) is 26.1. The molecule has 2 aromatic heterocycles. The summed E-state index contributed by atoms with van der Waals surface area (Å²) in [6, 6.07) is 32.5. The second-order valence-electron chi connectivity index (χ2n) is 9.19. The van der Waals surface area contributed by atoms with Gasteiger partial charge in [-0.2, -0.15) is 0 Å². The predicted molar refractivity (Wildman–Crippen MR) is 146 cm³/mol. The molecule has 7 nitrogen and oxygen atoms in total. The van der Waals surface area contributed by atoms with Gasteiger partial charge in [0.15, 0.2) is 0 Å². The molecule has 0 bridgehead atoms. The second kappa shape index (κ2) is 9.78. The van der Waals surface area contributed by atoms with Gasteiger partial charge in [-0.3, -0.25) is 4.79 Å². The van der Waals surface area contributed by atoms with Crippen LogP contribution in [0.1, 0.15) is 33.4 Å². The minimum absolute atomic E-state index is 0.205. The number of nitrogens with zero attached hydrogens (tertiary/aromatic N) is 4. The molecule has 0 aliphatic heterocycles. The number of nitrogens with one attached hydrogen (secondary N) is 1. The maximum Gasteiger partial charge on any atom is 0.252 e. The summed E-state index contributed by atoms with van der Waals surface area (Å²) in [5.74, 6) is 1.41. The van der Waals surface area contributed by atoms with Crippen LogP contribution in [0.4, 0.5) is 0 Å². The summed E-state index contributed by atoms with van der Waals surface area (Å²) in [5.41, 5.74) is 6.08. The molecule has 0 aliphatic carbocycles. The quantitative estimate of drug-likeness (QED) is 0.298. The Bertz CT molecular complexity index is 1740. The van der Waals surface area contributed by atoms with E-state index >= 15 is 0 Å². The summed E-state index contributed by atoms with van der Waals surface area (Å²) < 4.78 is 7.93. The van der Waals surface area contributed by atoms with Crippen LogP contribution >= 0.6 is 0 Å². The highest BCUT2D eigenvalue weighted by molar-refractivity contribution is 5.95. The SMILES string of the molecule is Cc1cccc(-c2nnc(-c3ccc(C(=O)NC(c4ccccc4)c4nc5ccccc5n4C)cc3)o2)c1. The van der Waals surface area contributed by atoms with Gasteiger partial charge >= 0.3 is 0 Å². The number of carbonyl (C=O) groups excluding carboxylic acids is 1. The first-order valence-corrected chi connectivity index (χ1v) is 12.3. The van der Waals surface area contributed by atoms with Gasteiger partial charge in [0, 0.05) is 23.7 Å². The summed E-state index contributed by atoms with van der Waals surface area (Å²) >= 11 is 0. The number of para-hydroxylation sites is 2. The number of aromatic nitrogens is 4. The lowest BCUT2D eigenvalue weighted by Gasteiger charge is -2.19. The number of fused-ring (bicyclic) bond motifs is 1. The number of carbonyl (C=O) groups is 1. The molecule has 0 fully saturated rings. The van der Waals surface area contributed by atoms with Crippen molar-refractivity contribution < 1.29 is 9.21 Å². The normalized spacial score (nSPS) is 11.9. The third-order valence-corrected chi connectivity index (χ3v) is 6.57. The fourth-order valence-corrected chi connectivity index (χ4v) is 4.58. The third kappa shape index (κ3) is 4.46. The average Bonchev–Trinajstić information content (AvgIpc) is 3.58. The van der Waals surface area contributed by atoms with Crippen molar-refractivity contribution in [3.63, 3.8) is 0 Å². The molecule has 6 aromatic rings. The molecule has 0 saturated carbocycles. The summed E-state index contributed by atoms with van der Waals surface area (Å²) in [7, 11) is 1.97. The van der Waals surface area contributed by atoms with Gasteiger partial charge in [0.1, 0.15) is 11.9 Å². The fraction of sp³-hybridized carbons (Fsp3) is 0.0968. The first-order valence-electron chi connectivity index (χ1n) is 12.3. The van der Waals surface area contributed by atoms with Crippen LogP contribution in [0, 0.1) is 6.92 Å². The van der Waals surface area contributed by atoms with Crippen LogP contribution < -0.4 is 5.32 Å². The maximum absolute atomic E-state index is 13.4. The molecule has 6 rings (SSSR count). The lowest BCUT2D eigenvalue weighted by Crippen LogP contribution is -2.31. The number of aryl methyl sites for hydroxylation is 2. The molecule has 0 saturated heterocycles. The van der Waals surface area contributed by atoms with Gasteiger partial charge in [-0.15, -0.1) is 10.2 Å². The van der Waals surface area contributed by atoms with E-state index in [1.165, 1.54) is 0 Å². The van der Waals surface area contributed by atoms with Crippen LogP contribution in [-0.2, 0) is 7.05 Å². The molecule has 38 heavy (non-hydrogen) atoms. The summed E-state index contributed by atoms with van der Waals surface area (Å²) in [6.45, 7) is 2.02. The molecule has 1 amide bonds. The first kappa shape index (κ1) is 23.4. The number of hydrogen-bond acceptors (Lipinski definition) is 5. The van der Waals surface area contributed by atoms with Crippen LogP contribution in [0.25, 0.3) is 33.9 Å². The molecule has 1 N–H and O–H groups in total. The van der Waals surface area contributed by atoms with Gasteiger partial charge in [-0.05, 0) is 61.0 Å². The fourth-order valence-electron chi connectivity index (χ4n) is 4.58. The number of hydrogen-bond donors (Lipinski definition) is 1. The largest absolute Gasteiger partial charge is 0.416 e. The standard InChI is InChI=1S/C31H25N5O2/c1-20-9-8-12-24(19-20)31-35-34-30(38-31)23-17-15-22(16-18-23)29(37)33-27(21-10-4-3-5-11-21)28-32-25-13-6-7-14-26(25)36(28)2/h3-19,27H,1-2H3,(H,33,37). The molecule has 186 valence electrons. The number of rotatable bonds is 6. The van der Waals surface area contributed by atoms with Crippen molar-refractivity contribution in [3.05, 3.63) is 126 Å². The minimum Gasteiger partial charge on any atom is -0.416 e. The molecule has 7 heteroatoms. The van der Waals surface area contributed by atoms with Crippen LogP contribution in [-0.4, -0.2) is 25.7 Å². The molecule has 0 spiro atoms. The molecule has 1 unspecified atom stereocenters. The Morgan fingerprint density at radius 3 is 2.26 bits per heavy atom. The summed E-state index contributed by atoms with van der Waals surface area (Å²) in [5, 5.41) is 11.6. The molecule has 1 atom stereocenters. The highest BCUT2D eigenvalue weighted by atomic mass is 16.4. The van der Waals surface area contributed by atoms with Gasteiger partial charge in [-0.25, -0.2) is 4.98 Å². The minimum atomic E-state index is -0.423. The zero-order valence-corrected chi connectivity index (χ0v) is 21.0. The molecule has 2 heterocycles. The molecule has 4 aromatic carbocycles. The number of benzene rings is 4. The zero-order valence-electron chi connectivity index (χ0n) is 21.0. The highest BCUT2D eigenvalue weighted by Gasteiger charge is 2.23. The van der Waals surface area contributed by atoms with Crippen molar-refractivity contribution in [1.82, 2.24) is 25.1 Å². The molecule has 0 aliphatic rings. The van der Waals surface area contributed by atoms with E-state index in [1.54, 1.807) is 12.1 Å². The lowest BCUT2D eigenvalue weighted by molar-refractivity contribution is 0.0941. The van der Waals surface area contributed by atoms with E-state index in [-0.39, 0.29) is 5.91 Å². The van der Waals surface area contributed by atoms with Gasteiger partial charge in [0.2, 0.25) is 11.8 Å². The summed E-state index contributed by atoms with van der Waals surface area (Å²) in [6.07, 6.45) is 0. The Balaban J connectivity index is 1.26. The van der Waals surface area contributed by atoms with E-state index in [9.17, 15) is 4.79 Å². The predicted octanol–water partition coefficient (Wildman–Crippen LogP) is 6.12. The summed E-state index contributed by atoms with van der Waals surface area (Å²) in [4.78, 5) is 18.2. The number of imidazole rings is 1. The first-order chi connectivity index (χ1) is 18.6. The van der Waals surface area contributed by atoms with E-state index in [0.717, 1.165) is 39.1 Å². The van der Waals surface area contributed by atoms with Gasteiger partial charge in [0.25, 0.3) is 5.91 Å². The smallest absolute Gasteiger partial charge is 0.252 e. The van der Waals surface area contributed by atoms with Gasteiger partial charge < -0.3 is 14.3 Å². The Morgan fingerprint density at radius 1 is 0.816 bits per heavy atom. The van der Waals surface area contributed by atoms with Crippen molar-refractivity contribution in [3.8, 4) is 22.9 Å². The van der Waals surface area contributed by atoms with Crippen LogP contribution in [0.2, 0.25) is 0 Å². The number of amides is 1. The van der Waals surface area contributed by atoms with Crippen molar-refractivity contribution in [1.29, 1.82) is 0 Å². The highest BCUT2D eigenvalue weighted by Crippen LogP contribution is 2.27. The molecular formula is C31H25N5O2. The topological polar surface area (TPSA) is 85.8 Å². The van der Waals surface area contributed by atoms with Crippen LogP contribution in [0.15, 0.2) is 108 Å². The molecule has 0 radical (unpaired) electrons. The third-order valence-electron chi connectivity index (χ3n) is 6.57. The Kier molecular flexibility index (Phi) is 6.01. The van der Waals surface area contributed by atoms with E-state index in [0.29, 0.717) is 17.3 Å². The van der Waals surface area contributed by atoms with Crippen LogP contribution in [0.5, 0.6) is 0 Å². The van der Waals surface area contributed by atoms with Crippen molar-refractivity contribution in [2.75, 3.05) is 0 Å². The lowest BCUT2D eigenvalue weighted by atomic mass is 10.0. The van der Waals surface area contributed by atoms with Gasteiger partial charge in [0.05, 0.1) is 11.0 Å². The second-order valence-corrected chi connectivity index (χ2v) is 9.19. The van der Waals surface area contributed by atoms with E-state index in [4.69, 9.17) is 9.40 Å². The van der Waals surface area contributed by atoms with E-state index in [2.05, 4.69) is 15.5 Å². The Labute approximate surface area is 219 Å². The van der Waals surface area contributed by atoms with E-state index < -0.39 is 6.04 Å². The maximum atomic E-state index is 13.4. The Morgan fingerprint density at radius 2 is 1.53 bits per heavy atom. The average molecular weight is 500 g/mol. The monoisotopic (exact) mass is 499 g/mol. The van der Waals surface area contributed by atoms with Crippen molar-refractivity contribution in [2.45, 2.75) is 13.0 Å².